The van der Waals surface area contributed by atoms with Crippen molar-refractivity contribution in [2.24, 2.45) is 5.92 Å². The first kappa shape index (κ1) is 11.6. The van der Waals surface area contributed by atoms with Gasteiger partial charge in [0.1, 0.15) is 0 Å². The Labute approximate surface area is 98.2 Å². The first-order valence-corrected chi connectivity index (χ1v) is 6.48. The van der Waals surface area contributed by atoms with E-state index in [1.165, 1.54) is 31.2 Å². The van der Waals surface area contributed by atoms with Gasteiger partial charge in [-0.05, 0) is 31.2 Å². The van der Waals surface area contributed by atoms with E-state index in [0.29, 0.717) is 0 Å². The lowest BCUT2D eigenvalue weighted by Crippen LogP contribution is -2.38. The van der Waals surface area contributed by atoms with E-state index in [9.17, 15) is 0 Å². The van der Waals surface area contributed by atoms with Crippen LogP contribution in [0.25, 0.3) is 0 Å². The van der Waals surface area contributed by atoms with Crippen molar-refractivity contribution in [3.05, 3.63) is 18.0 Å². The maximum atomic E-state index is 4.29. The molecule has 1 aromatic heterocycles. The summed E-state index contributed by atoms with van der Waals surface area (Å²) >= 11 is 0. The summed E-state index contributed by atoms with van der Waals surface area (Å²) in [5, 5.41) is 7.96. The highest BCUT2D eigenvalue weighted by atomic mass is 15.3. The van der Waals surface area contributed by atoms with Crippen LogP contribution in [0.1, 0.15) is 38.2 Å². The van der Waals surface area contributed by atoms with Crippen molar-refractivity contribution in [2.45, 2.75) is 52.1 Å². The highest BCUT2D eigenvalue weighted by Gasteiger charge is 2.19. The van der Waals surface area contributed by atoms with Crippen molar-refractivity contribution in [2.75, 3.05) is 6.54 Å². The lowest BCUT2D eigenvalue weighted by Gasteiger charge is -2.29. The highest BCUT2D eigenvalue weighted by Crippen LogP contribution is 2.23. The third-order valence-corrected chi connectivity index (χ3v) is 3.62. The van der Waals surface area contributed by atoms with Crippen LogP contribution in [0.15, 0.2) is 12.4 Å². The lowest BCUT2D eigenvalue weighted by atomic mass is 9.86. The first-order valence-electron chi connectivity index (χ1n) is 6.48. The second kappa shape index (κ2) is 5.48. The van der Waals surface area contributed by atoms with Crippen LogP contribution in [0.5, 0.6) is 0 Å². The molecule has 0 aromatic carbocycles. The molecule has 3 nitrogen and oxygen atoms in total. The van der Waals surface area contributed by atoms with Gasteiger partial charge in [0.25, 0.3) is 0 Å². The van der Waals surface area contributed by atoms with Crippen molar-refractivity contribution in [3.8, 4) is 0 Å². The van der Waals surface area contributed by atoms with Gasteiger partial charge in [-0.1, -0.05) is 19.8 Å². The summed E-state index contributed by atoms with van der Waals surface area (Å²) in [6.07, 6.45) is 9.56. The normalized spacial score (nSPS) is 25.9. The van der Waals surface area contributed by atoms with Crippen molar-refractivity contribution in [3.63, 3.8) is 0 Å². The Hall–Kier alpha value is -0.830. The fourth-order valence-corrected chi connectivity index (χ4v) is 2.57. The van der Waals surface area contributed by atoms with Gasteiger partial charge in [0.05, 0.1) is 12.7 Å². The molecule has 2 atom stereocenters. The first-order chi connectivity index (χ1) is 7.75. The number of aromatic nitrogens is 2. The van der Waals surface area contributed by atoms with E-state index in [1.807, 2.05) is 10.9 Å². The summed E-state index contributed by atoms with van der Waals surface area (Å²) < 4.78 is 2.02. The topological polar surface area (TPSA) is 29.9 Å². The molecule has 1 fully saturated rings. The zero-order valence-electron chi connectivity index (χ0n) is 10.4. The van der Waals surface area contributed by atoms with Crippen LogP contribution in [0, 0.1) is 12.8 Å². The van der Waals surface area contributed by atoms with Crippen LogP contribution < -0.4 is 5.32 Å². The molecule has 0 aliphatic heterocycles. The molecule has 0 spiro atoms. The maximum absolute atomic E-state index is 4.29. The van der Waals surface area contributed by atoms with E-state index >= 15 is 0 Å². The summed E-state index contributed by atoms with van der Waals surface area (Å²) in [6.45, 7) is 6.47. The van der Waals surface area contributed by atoms with E-state index in [2.05, 4.69) is 30.5 Å². The van der Waals surface area contributed by atoms with Crippen molar-refractivity contribution >= 4 is 0 Å². The molecular formula is C13H23N3. The smallest absolute Gasteiger partial charge is 0.0534 e. The van der Waals surface area contributed by atoms with Gasteiger partial charge in [0.15, 0.2) is 0 Å². The second-order valence-corrected chi connectivity index (χ2v) is 5.10. The van der Waals surface area contributed by atoms with Gasteiger partial charge in [-0.15, -0.1) is 0 Å². The van der Waals surface area contributed by atoms with Crippen LogP contribution in [-0.4, -0.2) is 22.4 Å². The van der Waals surface area contributed by atoms with E-state index in [4.69, 9.17) is 0 Å². The van der Waals surface area contributed by atoms with Crippen molar-refractivity contribution < 1.29 is 0 Å². The van der Waals surface area contributed by atoms with Crippen LogP contribution in [0.2, 0.25) is 0 Å². The molecule has 0 saturated heterocycles. The van der Waals surface area contributed by atoms with E-state index < -0.39 is 0 Å². The van der Waals surface area contributed by atoms with Crippen molar-refractivity contribution in [1.29, 1.82) is 0 Å². The molecule has 0 bridgehead atoms. The molecule has 16 heavy (non-hydrogen) atoms. The molecular weight excluding hydrogens is 198 g/mol. The van der Waals surface area contributed by atoms with Gasteiger partial charge in [-0.25, -0.2) is 0 Å². The van der Waals surface area contributed by atoms with Crippen molar-refractivity contribution in [1.82, 2.24) is 15.1 Å². The van der Waals surface area contributed by atoms with Gasteiger partial charge in [0, 0.05) is 18.8 Å². The maximum Gasteiger partial charge on any atom is 0.0534 e. The Morgan fingerprint density at radius 2 is 2.25 bits per heavy atom. The third-order valence-electron chi connectivity index (χ3n) is 3.62. The van der Waals surface area contributed by atoms with Crippen LogP contribution in [0.3, 0.4) is 0 Å². The quantitative estimate of drug-likeness (QED) is 0.846. The molecule has 90 valence electrons. The molecule has 1 N–H and O–H groups in total. The molecule has 1 aromatic rings. The summed E-state index contributed by atoms with van der Waals surface area (Å²) in [4.78, 5) is 0. The van der Waals surface area contributed by atoms with Crippen LogP contribution in [-0.2, 0) is 6.54 Å². The van der Waals surface area contributed by atoms with E-state index in [1.54, 1.807) is 0 Å². The number of nitrogens with zero attached hydrogens (tertiary/aromatic N) is 2. The van der Waals surface area contributed by atoms with Gasteiger partial charge >= 0.3 is 0 Å². The number of rotatable bonds is 4. The Morgan fingerprint density at radius 1 is 1.44 bits per heavy atom. The standard InChI is InChI=1S/C13H23N3/c1-11-9-15-16(10-11)8-7-14-13-6-4-3-5-12(13)2/h9-10,12-14H,3-8H2,1-2H3. The molecule has 0 radical (unpaired) electrons. The predicted molar refractivity (Wildman–Crippen MR) is 66.4 cm³/mol. The number of aryl methyl sites for hydroxylation is 1. The molecule has 2 unspecified atom stereocenters. The SMILES string of the molecule is Cc1cnn(CCNC2CCCCC2C)c1. The van der Waals surface area contributed by atoms with E-state index in [-0.39, 0.29) is 0 Å². The average Bonchev–Trinajstić information content (AvgIpc) is 2.67. The van der Waals surface area contributed by atoms with Crippen LogP contribution >= 0.6 is 0 Å². The van der Waals surface area contributed by atoms with Crippen LogP contribution in [0.4, 0.5) is 0 Å². The summed E-state index contributed by atoms with van der Waals surface area (Å²) in [7, 11) is 0. The molecule has 1 aliphatic carbocycles. The molecule has 1 aliphatic rings. The lowest BCUT2D eigenvalue weighted by molar-refractivity contribution is 0.277. The zero-order valence-corrected chi connectivity index (χ0v) is 10.4. The number of hydrogen-bond donors (Lipinski definition) is 1. The summed E-state index contributed by atoms with van der Waals surface area (Å²) in [6, 6.07) is 0.727. The number of hydrogen-bond acceptors (Lipinski definition) is 2. The average molecular weight is 221 g/mol. The highest BCUT2D eigenvalue weighted by molar-refractivity contribution is 4.99. The monoisotopic (exact) mass is 221 g/mol. The summed E-state index contributed by atoms with van der Waals surface area (Å²) in [5.41, 5.74) is 1.24. The molecule has 1 heterocycles. The predicted octanol–water partition coefficient (Wildman–Crippen LogP) is 2.36. The van der Waals surface area contributed by atoms with Gasteiger partial charge in [-0.2, -0.15) is 5.10 Å². The number of nitrogens with one attached hydrogen (secondary N) is 1. The summed E-state index contributed by atoms with van der Waals surface area (Å²) in [5.74, 6) is 0.841. The Morgan fingerprint density at radius 3 is 2.94 bits per heavy atom. The van der Waals surface area contributed by atoms with E-state index in [0.717, 1.165) is 25.0 Å². The second-order valence-electron chi connectivity index (χ2n) is 5.10. The zero-order chi connectivity index (χ0) is 11.4. The van der Waals surface area contributed by atoms with Gasteiger partial charge in [-0.3, -0.25) is 4.68 Å². The fraction of sp³-hybridized carbons (Fsp3) is 0.769. The largest absolute Gasteiger partial charge is 0.312 e. The Bertz CT molecular complexity index is 319. The molecule has 2 rings (SSSR count). The Balaban J connectivity index is 1.71. The fourth-order valence-electron chi connectivity index (χ4n) is 2.57. The minimum Gasteiger partial charge on any atom is -0.312 e. The van der Waals surface area contributed by atoms with Gasteiger partial charge in [0.2, 0.25) is 0 Å². The molecule has 1 saturated carbocycles. The third kappa shape index (κ3) is 3.08. The molecule has 0 amide bonds. The Kier molecular flexibility index (Phi) is 3.99. The minimum absolute atomic E-state index is 0.727. The van der Waals surface area contributed by atoms with Gasteiger partial charge < -0.3 is 5.32 Å². The molecule has 3 heteroatoms. The minimum atomic E-state index is 0.727.